The minimum absolute atomic E-state index is 0.514. The number of hydrogen-bond donors (Lipinski definition) is 2. The molecule has 6 heteroatoms. The average Bonchev–Trinajstić information content (AvgIpc) is 3.24. The summed E-state index contributed by atoms with van der Waals surface area (Å²) in [7, 11) is 1.65. The van der Waals surface area contributed by atoms with Crippen LogP contribution in [0.2, 0.25) is 5.02 Å². The van der Waals surface area contributed by atoms with E-state index in [1.807, 2.05) is 18.2 Å². The van der Waals surface area contributed by atoms with Gasteiger partial charge in [-0.05, 0) is 56.7 Å². The molecule has 1 saturated heterocycles. The highest BCUT2D eigenvalue weighted by atomic mass is 35.5. The average molecular weight is 407 g/mol. The van der Waals surface area contributed by atoms with E-state index in [9.17, 15) is 0 Å². The Morgan fingerprint density at radius 1 is 1.21 bits per heavy atom. The first-order chi connectivity index (χ1) is 13.7. The third-order valence-corrected chi connectivity index (χ3v) is 6.32. The van der Waals surface area contributed by atoms with Crippen molar-refractivity contribution in [1.82, 2.24) is 15.5 Å². The van der Waals surface area contributed by atoms with Gasteiger partial charge in [-0.25, -0.2) is 0 Å². The second kappa shape index (κ2) is 10.9. The fourth-order valence-electron chi connectivity index (χ4n) is 4.34. The summed E-state index contributed by atoms with van der Waals surface area (Å²) in [5.41, 5.74) is 1.10. The number of nitrogens with one attached hydrogen (secondary N) is 2. The first-order valence-electron chi connectivity index (χ1n) is 10.8. The highest BCUT2D eigenvalue weighted by Gasteiger charge is 2.27. The molecule has 0 aromatic heterocycles. The Balaban J connectivity index is 1.47. The van der Waals surface area contributed by atoms with Gasteiger partial charge in [0.25, 0.3) is 0 Å². The van der Waals surface area contributed by atoms with Crippen LogP contribution >= 0.6 is 11.6 Å². The van der Waals surface area contributed by atoms with Crippen LogP contribution in [-0.4, -0.2) is 56.2 Å². The molecule has 3 rings (SSSR count). The number of hydrogen-bond acceptors (Lipinski definition) is 3. The molecule has 156 valence electrons. The van der Waals surface area contributed by atoms with Crippen molar-refractivity contribution in [1.29, 1.82) is 0 Å². The molecular weight excluding hydrogens is 372 g/mol. The lowest BCUT2D eigenvalue weighted by molar-refractivity contribution is 0.150. The fraction of sp³-hybridized carbons (Fsp3) is 0.682. The lowest BCUT2D eigenvalue weighted by Gasteiger charge is -2.36. The Kier molecular flexibility index (Phi) is 8.28. The molecule has 1 heterocycles. The summed E-state index contributed by atoms with van der Waals surface area (Å²) in [5.74, 6) is 1.71. The summed E-state index contributed by atoms with van der Waals surface area (Å²) in [6.45, 7) is 6.12. The Labute approximate surface area is 174 Å². The lowest BCUT2D eigenvalue weighted by Crippen LogP contribution is -2.50. The molecule has 2 aliphatic rings. The van der Waals surface area contributed by atoms with Crippen LogP contribution in [0.15, 0.2) is 23.2 Å². The number of likely N-dealkylation sites (tertiary alicyclic amines) is 1. The molecule has 1 aromatic rings. The Morgan fingerprint density at radius 2 is 1.96 bits per heavy atom. The normalized spacial score (nSPS) is 19.8. The maximum Gasteiger partial charge on any atom is 0.191 e. The molecule has 2 N–H and O–H groups in total. The van der Waals surface area contributed by atoms with Gasteiger partial charge in [-0.3, -0.25) is 4.99 Å². The Morgan fingerprint density at radius 3 is 2.61 bits per heavy atom. The van der Waals surface area contributed by atoms with Crippen molar-refractivity contribution >= 4 is 17.6 Å². The van der Waals surface area contributed by atoms with Crippen molar-refractivity contribution in [2.24, 2.45) is 4.99 Å². The SMILES string of the molecule is CCNC(=NCCc1ccc(OC)cc1Cl)NC1CCN(C2CCCC2)CC1. The van der Waals surface area contributed by atoms with Gasteiger partial charge in [0.05, 0.1) is 7.11 Å². The van der Waals surface area contributed by atoms with Gasteiger partial charge in [0.2, 0.25) is 0 Å². The van der Waals surface area contributed by atoms with Crippen LogP contribution in [-0.2, 0) is 6.42 Å². The smallest absolute Gasteiger partial charge is 0.191 e. The zero-order chi connectivity index (χ0) is 19.8. The van der Waals surface area contributed by atoms with E-state index in [0.717, 1.165) is 41.3 Å². The predicted molar refractivity (Wildman–Crippen MR) is 118 cm³/mol. The molecule has 1 aromatic carbocycles. The third-order valence-electron chi connectivity index (χ3n) is 5.97. The number of rotatable bonds is 7. The van der Waals surface area contributed by atoms with E-state index in [1.165, 1.54) is 51.6 Å². The first kappa shape index (κ1) is 21.3. The quantitative estimate of drug-likeness (QED) is 0.533. The molecule has 0 spiro atoms. The molecule has 0 radical (unpaired) electrons. The third kappa shape index (κ3) is 6.02. The predicted octanol–water partition coefficient (Wildman–Crippen LogP) is 3.85. The number of benzene rings is 1. The molecule has 28 heavy (non-hydrogen) atoms. The second-order valence-corrected chi connectivity index (χ2v) is 8.27. The maximum atomic E-state index is 6.34. The van der Waals surface area contributed by atoms with Crippen molar-refractivity contribution in [2.75, 3.05) is 33.3 Å². The summed E-state index contributed by atoms with van der Waals surface area (Å²) < 4.78 is 5.21. The summed E-state index contributed by atoms with van der Waals surface area (Å²) in [5, 5.41) is 7.78. The summed E-state index contributed by atoms with van der Waals surface area (Å²) in [4.78, 5) is 7.48. The monoisotopic (exact) mass is 406 g/mol. The topological polar surface area (TPSA) is 48.9 Å². The van der Waals surface area contributed by atoms with Gasteiger partial charge < -0.3 is 20.3 Å². The van der Waals surface area contributed by atoms with Crippen LogP contribution in [0, 0.1) is 0 Å². The van der Waals surface area contributed by atoms with E-state index in [-0.39, 0.29) is 0 Å². The Bertz CT molecular complexity index is 637. The van der Waals surface area contributed by atoms with Crippen molar-refractivity contribution < 1.29 is 4.74 Å². The van der Waals surface area contributed by atoms with E-state index in [2.05, 4.69) is 22.5 Å². The molecule has 1 aliphatic heterocycles. The second-order valence-electron chi connectivity index (χ2n) is 7.86. The number of ether oxygens (including phenoxy) is 1. The molecule has 0 amide bonds. The number of halogens is 1. The first-order valence-corrected chi connectivity index (χ1v) is 11.2. The van der Waals surface area contributed by atoms with E-state index in [1.54, 1.807) is 7.11 Å². The van der Waals surface area contributed by atoms with E-state index in [0.29, 0.717) is 12.6 Å². The van der Waals surface area contributed by atoms with Crippen LogP contribution in [0.1, 0.15) is 51.0 Å². The number of aliphatic imine (C=N–C) groups is 1. The van der Waals surface area contributed by atoms with E-state index >= 15 is 0 Å². The van der Waals surface area contributed by atoms with Gasteiger partial charge in [-0.1, -0.05) is 30.5 Å². The van der Waals surface area contributed by atoms with Crippen molar-refractivity contribution in [3.63, 3.8) is 0 Å². The molecule has 0 bridgehead atoms. The summed E-state index contributed by atoms with van der Waals surface area (Å²) in [6.07, 6.45) is 8.85. The van der Waals surface area contributed by atoms with Crippen LogP contribution in [0.3, 0.4) is 0 Å². The number of guanidine groups is 1. The van der Waals surface area contributed by atoms with Gasteiger partial charge in [-0.2, -0.15) is 0 Å². The van der Waals surface area contributed by atoms with Crippen molar-refractivity contribution in [2.45, 2.75) is 64.0 Å². The molecular formula is C22H35ClN4O. The van der Waals surface area contributed by atoms with Gasteiger partial charge >= 0.3 is 0 Å². The fourth-order valence-corrected chi connectivity index (χ4v) is 4.60. The number of piperidine rings is 1. The van der Waals surface area contributed by atoms with Crippen molar-refractivity contribution in [3.8, 4) is 5.75 Å². The van der Waals surface area contributed by atoms with Gasteiger partial charge in [-0.15, -0.1) is 0 Å². The van der Waals surface area contributed by atoms with Gasteiger partial charge in [0, 0.05) is 43.3 Å². The Hall–Kier alpha value is -1.46. The number of methoxy groups -OCH3 is 1. The van der Waals surface area contributed by atoms with Gasteiger partial charge in [0.15, 0.2) is 5.96 Å². The van der Waals surface area contributed by atoms with Crippen LogP contribution in [0.5, 0.6) is 5.75 Å². The van der Waals surface area contributed by atoms with Gasteiger partial charge in [0.1, 0.15) is 5.75 Å². The molecule has 5 nitrogen and oxygen atoms in total. The summed E-state index contributed by atoms with van der Waals surface area (Å²) >= 11 is 6.34. The highest BCUT2D eigenvalue weighted by Crippen LogP contribution is 2.26. The highest BCUT2D eigenvalue weighted by molar-refractivity contribution is 6.31. The molecule has 2 fully saturated rings. The minimum atomic E-state index is 0.514. The van der Waals surface area contributed by atoms with E-state index in [4.69, 9.17) is 21.3 Å². The molecule has 1 saturated carbocycles. The van der Waals surface area contributed by atoms with Crippen LogP contribution in [0.4, 0.5) is 0 Å². The standard InChI is InChI=1S/C22H35ClN4O/c1-3-24-22(25-13-10-17-8-9-20(28-2)16-21(17)23)26-18-11-14-27(15-12-18)19-6-4-5-7-19/h8-9,16,18-19H,3-7,10-15H2,1-2H3,(H2,24,25,26). The lowest BCUT2D eigenvalue weighted by atomic mass is 10.0. The molecule has 1 aliphatic carbocycles. The van der Waals surface area contributed by atoms with E-state index < -0.39 is 0 Å². The summed E-state index contributed by atoms with van der Waals surface area (Å²) in [6, 6.07) is 7.20. The zero-order valence-electron chi connectivity index (χ0n) is 17.3. The molecule has 0 unspecified atom stereocenters. The maximum absolute atomic E-state index is 6.34. The zero-order valence-corrected chi connectivity index (χ0v) is 18.1. The van der Waals surface area contributed by atoms with Crippen LogP contribution < -0.4 is 15.4 Å². The number of nitrogens with zero attached hydrogens (tertiary/aromatic N) is 2. The molecule has 0 atom stereocenters. The van der Waals surface area contributed by atoms with Crippen molar-refractivity contribution in [3.05, 3.63) is 28.8 Å². The minimum Gasteiger partial charge on any atom is -0.497 e. The largest absolute Gasteiger partial charge is 0.497 e. The van der Waals surface area contributed by atoms with Crippen LogP contribution in [0.25, 0.3) is 0 Å².